The first-order valence-electron chi connectivity index (χ1n) is 10.9. The van der Waals surface area contributed by atoms with Gasteiger partial charge in [0.25, 0.3) is 0 Å². The molecule has 0 unspecified atom stereocenters. The number of rotatable bonds is 6. The number of hydrogen-bond acceptors (Lipinski definition) is 2. The van der Waals surface area contributed by atoms with Gasteiger partial charge in [-0.2, -0.15) is 0 Å². The van der Waals surface area contributed by atoms with Crippen molar-refractivity contribution in [1.82, 2.24) is 0 Å². The first kappa shape index (κ1) is 20.9. The van der Waals surface area contributed by atoms with Crippen LogP contribution in [-0.2, 0) is 12.8 Å². The van der Waals surface area contributed by atoms with E-state index in [0.717, 1.165) is 12.0 Å². The predicted octanol–water partition coefficient (Wildman–Crippen LogP) is 8.63. The Morgan fingerprint density at radius 1 is 0.767 bits per heavy atom. The highest BCUT2D eigenvalue weighted by Crippen LogP contribution is 2.41. The van der Waals surface area contributed by atoms with Crippen LogP contribution in [0.5, 0.6) is 0 Å². The minimum absolute atomic E-state index is 1.09. The van der Waals surface area contributed by atoms with Gasteiger partial charge in [0.15, 0.2) is 0 Å². The number of thiophene rings is 2. The predicted molar refractivity (Wildman–Crippen MR) is 135 cm³/mol. The van der Waals surface area contributed by atoms with Crippen molar-refractivity contribution in [3.05, 3.63) is 81.7 Å². The highest BCUT2D eigenvalue weighted by Gasteiger charge is 2.12. The van der Waals surface area contributed by atoms with Crippen LogP contribution in [0.4, 0.5) is 0 Å². The van der Waals surface area contributed by atoms with Crippen molar-refractivity contribution in [2.75, 3.05) is 0 Å². The Bertz CT molecular complexity index is 1180. The number of fused-ring (bicyclic) bond motifs is 1. The second-order valence-electron chi connectivity index (χ2n) is 7.86. The fourth-order valence-electron chi connectivity index (χ4n) is 3.65. The first-order valence-corrected chi connectivity index (χ1v) is 12.5. The lowest BCUT2D eigenvalue weighted by atomic mass is 10.1. The van der Waals surface area contributed by atoms with Gasteiger partial charge in [0.1, 0.15) is 0 Å². The van der Waals surface area contributed by atoms with Crippen molar-refractivity contribution >= 4 is 32.1 Å². The van der Waals surface area contributed by atoms with E-state index in [0.29, 0.717) is 0 Å². The Balaban J connectivity index is 1.54. The van der Waals surface area contributed by atoms with Gasteiger partial charge in [-0.05, 0) is 66.6 Å². The largest absolute Gasteiger partial charge is 0.134 e. The second kappa shape index (κ2) is 9.65. The average Bonchev–Trinajstić information content (AvgIpc) is 3.32. The summed E-state index contributed by atoms with van der Waals surface area (Å²) in [5.74, 6) is 6.77. The molecule has 0 aliphatic rings. The van der Waals surface area contributed by atoms with E-state index in [4.69, 9.17) is 0 Å². The molecule has 0 spiro atoms. The van der Waals surface area contributed by atoms with Crippen molar-refractivity contribution in [2.45, 2.75) is 52.9 Å². The molecule has 2 heterocycles. The zero-order valence-electron chi connectivity index (χ0n) is 18.0. The average molecular weight is 429 g/mol. The van der Waals surface area contributed by atoms with Crippen LogP contribution >= 0.6 is 22.7 Å². The smallest absolute Gasteiger partial charge is 0.0822 e. The van der Waals surface area contributed by atoms with Gasteiger partial charge in [-0.3, -0.25) is 0 Å². The maximum absolute atomic E-state index is 3.42. The van der Waals surface area contributed by atoms with E-state index >= 15 is 0 Å². The zero-order chi connectivity index (χ0) is 20.9. The maximum Gasteiger partial charge on any atom is 0.0822 e. The Hall–Kier alpha value is -2.34. The SMILES string of the molecule is CCCCc1ccc(-c2cc3sc(C#Cc4ccc(CCC)cc4)c(C)c3s2)cc1. The van der Waals surface area contributed by atoms with Crippen molar-refractivity contribution < 1.29 is 0 Å². The van der Waals surface area contributed by atoms with E-state index in [-0.39, 0.29) is 0 Å². The summed E-state index contributed by atoms with van der Waals surface area (Å²) in [6.45, 7) is 6.67. The van der Waals surface area contributed by atoms with Gasteiger partial charge in [-0.25, -0.2) is 0 Å². The van der Waals surface area contributed by atoms with E-state index in [2.05, 4.69) is 87.2 Å². The van der Waals surface area contributed by atoms with Crippen LogP contribution in [0.3, 0.4) is 0 Å². The van der Waals surface area contributed by atoms with Crippen molar-refractivity contribution in [1.29, 1.82) is 0 Å². The van der Waals surface area contributed by atoms with Crippen LogP contribution < -0.4 is 0 Å². The van der Waals surface area contributed by atoms with Crippen molar-refractivity contribution in [3.8, 4) is 22.3 Å². The summed E-state index contributed by atoms with van der Waals surface area (Å²) in [7, 11) is 0. The number of hydrogen-bond donors (Lipinski definition) is 0. The summed E-state index contributed by atoms with van der Waals surface area (Å²) >= 11 is 3.71. The summed E-state index contributed by atoms with van der Waals surface area (Å²) < 4.78 is 2.73. The molecule has 0 aliphatic carbocycles. The Morgan fingerprint density at radius 3 is 2.13 bits per heavy atom. The number of unbranched alkanes of at least 4 members (excludes halogenated alkanes) is 1. The fraction of sp³-hybridized carbons (Fsp3) is 0.286. The van der Waals surface area contributed by atoms with Crippen LogP contribution in [0.15, 0.2) is 54.6 Å². The highest BCUT2D eigenvalue weighted by molar-refractivity contribution is 7.30. The molecule has 0 atom stereocenters. The summed E-state index contributed by atoms with van der Waals surface area (Å²) in [6.07, 6.45) is 6.01. The molecule has 0 radical (unpaired) electrons. The lowest BCUT2D eigenvalue weighted by molar-refractivity contribution is 0.795. The van der Waals surface area contributed by atoms with Crippen LogP contribution in [0.25, 0.3) is 19.8 Å². The van der Waals surface area contributed by atoms with E-state index in [1.54, 1.807) is 0 Å². The van der Waals surface area contributed by atoms with Gasteiger partial charge in [0.2, 0.25) is 0 Å². The Kier molecular flexibility index (Phi) is 6.72. The van der Waals surface area contributed by atoms with Gasteiger partial charge in [0, 0.05) is 19.8 Å². The Labute approximate surface area is 188 Å². The molecule has 2 aromatic carbocycles. The van der Waals surface area contributed by atoms with Crippen molar-refractivity contribution in [2.24, 2.45) is 0 Å². The van der Waals surface area contributed by atoms with E-state index < -0.39 is 0 Å². The molecule has 0 amide bonds. The molecule has 0 saturated carbocycles. The summed E-state index contributed by atoms with van der Waals surface area (Å²) in [5.41, 5.74) is 6.57. The molecule has 152 valence electrons. The third kappa shape index (κ3) is 4.69. The first-order chi connectivity index (χ1) is 14.7. The molecule has 0 bridgehead atoms. The quantitative estimate of drug-likeness (QED) is 0.270. The normalized spacial score (nSPS) is 10.9. The molecule has 30 heavy (non-hydrogen) atoms. The molecule has 0 N–H and O–H groups in total. The van der Waals surface area contributed by atoms with Crippen LogP contribution in [-0.4, -0.2) is 0 Å². The Morgan fingerprint density at radius 2 is 1.47 bits per heavy atom. The third-order valence-electron chi connectivity index (χ3n) is 5.46. The van der Waals surface area contributed by atoms with E-state index in [9.17, 15) is 0 Å². The number of aryl methyl sites for hydroxylation is 3. The summed E-state index contributed by atoms with van der Waals surface area (Å²) in [4.78, 5) is 2.54. The zero-order valence-corrected chi connectivity index (χ0v) is 19.7. The molecule has 0 saturated heterocycles. The van der Waals surface area contributed by atoms with Gasteiger partial charge in [0.05, 0.1) is 4.88 Å². The van der Waals surface area contributed by atoms with Gasteiger partial charge in [-0.15, -0.1) is 22.7 Å². The van der Waals surface area contributed by atoms with Crippen molar-refractivity contribution in [3.63, 3.8) is 0 Å². The summed E-state index contributed by atoms with van der Waals surface area (Å²) in [6, 6.07) is 20.2. The molecule has 2 aromatic heterocycles. The lowest BCUT2D eigenvalue weighted by Crippen LogP contribution is -1.83. The topological polar surface area (TPSA) is 0 Å². The van der Waals surface area contributed by atoms with Crippen LogP contribution in [0, 0.1) is 18.8 Å². The fourth-order valence-corrected chi connectivity index (χ4v) is 6.11. The summed E-state index contributed by atoms with van der Waals surface area (Å²) in [5, 5.41) is 0. The third-order valence-corrected chi connectivity index (χ3v) is 8.05. The molecule has 2 heteroatoms. The van der Waals surface area contributed by atoms with Crippen LogP contribution in [0.1, 0.15) is 60.2 Å². The monoisotopic (exact) mass is 428 g/mol. The second-order valence-corrected chi connectivity index (χ2v) is 9.96. The van der Waals surface area contributed by atoms with Gasteiger partial charge in [-0.1, -0.05) is 74.9 Å². The minimum Gasteiger partial charge on any atom is -0.134 e. The van der Waals surface area contributed by atoms with Crippen LogP contribution in [0.2, 0.25) is 0 Å². The maximum atomic E-state index is 3.42. The highest BCUT2D eigenvalue weighted by atomic mass is 32.1. The molecular weight excluding hydrogens is 400 g/mol. The van der Waals surface area contributed by atoms with E-state index in [1.807, 2.05) is 22.7 Å². The lowest BCUT2D eigenvalue weighted by Gasteiger charge is -2.02. The minimum atomic E-state index is 1.09. The molecule has 4 rings (SSSR count). The molecular formula is C28H28S2. The van der Waals surface area contributed by atoms with Gasteiger partial charge < -0.3 is 0 Å². The molecule has 0 fully saturated rings. The molecule has 4 aromatic rings. The molecule has 0 nitrogen and oxygen atoms in total. The standard InChI is InChI=1S/C28H28S2/c1-4-6-8-22-13-16-24(17-14-22)26-19-27-28(30-26)20(3)25(29-27)18-15-23-11-9-21(7-5-2)10-12-23/h9-14,16-17,19H,4-8H2,1-3H3. The molecule has 0 aliphatic heterocycles. The number of benzene rings is 2. The van der Waals surface area contributed by atoms with Gasteiger partial charge >= 0.3 is 0 Å². The van der Waals surface area contributed by atoms with E-state index in [1.165, 1.54) is 67.1 Å².